The molecule has 5 nitrogen and oxygen atoms in total. The van der Waals surface area contributed by atoms with Gasteiger partial charge in [-0.3, -0.25) is 9.59 Å². The SMILES string of the molecule is CC(=O)CC1(O)C(=O)N(CCCOc2ccc(Cl)cc2)c2c(C)ccc(C)c21. The van der Waals surface area contributed by atoms with E-state index in [9.17, 15) is 14.7 Å². The minimum atomic E-state index is -1.80. The molecule has 1 aliphatic heterocycles. The van der Waals surface area contributed by atoms with E-state index in [0.717, 1.165) is 11.1 Å². The Balaban J connectivity index is 1.78. The highest BCUT2D eigenvalue weighted by Crippen LogP contribution is 2.46. The smallest absolute Gasteiger partial charge is 0.264 e. The van der Waals surface area contributed by atoms with Gasteiger partial charge in [0.2, 0.25) is 0 Å². The molecule has 6 heteroatoms. The molecule has 1 heterocycles. The lowest BCUT2D eigenvalue weighted by molar-refractivity contribution is -0.141. The molecule has 1 N–H and O–H groups in total. The number of ketones is 1. The van der Waals surface area contributed by atoms with E-state index in [4.69, 9.17) is 16.3 Å². The summed E-state index contributed by atoms with van der Waals surface area (Å²) < 4.78 is 5.70. The van der Waals surface area contributed by atoms with Gasteiger partial charge < -0.3 is 14.7 Å². The normalized spacial score (nSPS) is 18.3. The summed E-state index contributed by atoms with van der Waals surface area (Å²) in [5, 5.41) is 11.8. The molecule has 148 valence electrons. The van der Waals surface area contributed by atoms with Gasteiger partial charge in [-0.05, 0) is 62.6 Å². The fraction of sp³-hybridized carbons (Fsp3) is 0.364. The second kappa shape index (κ2) is 7.94. The molecule has 2 aromatic rings. The van der Waals surface area contributed by atoms with E-state index < -0.39 is 11.5 Å². The number of rotatable bonds is 7. The zero-order valence-corrected chi connectivity index (χ0v) is 17.0. The molecule has 0 fully saturated rings. The number of hydrogen-bond acceptors (Lipinski definition) is 4. The number of anilines is 1. The van der Waals surface area contributed by atoms with Crippen LogP contribution >= 0.6 is 11.6 Å². The van der Waals surface area contributed by atoms with E-state index in [1.54, 1.807) is 29.2 Å². The summed E-state index contributed by atoms with van der Waals surface area (Å²) in [7, 11) is 0. The topological polar surface area (TPSA) is 66.8 Å². The maximum absolute atomic E-state index is 13.1. The third-order valence-electron chi connectivity index (χ3n) is 4.98. The van der Waals surface area contributed by atoms with Crippen LogP contribution in [0.4, 0.5) is 5.69 Å². The quantitative estimate of drug-likeness (QED) is 0.713. The summed E-state index contributed by atoms with van der Waals surface area (Å²) in [5.74, 6) is 0.0369. The molecule has 28 heavy (non-hydrogen) atoms. The van der Waals surface area contributed by atoms with Gasteiger partial charge in [-0.2, -0.15) is 0 Å². The number of carbonyl (C=O) groups is 2. The maximum Gasteiger partial charge on any atom is 0.264 e. The Hall–Kier alpha value is -2.37. The van der Waals surface area contributed by atoms with Crippen molar-refractivity contribution in [3.05, 3.63) is 58.1 Å². The number of aliphatic hydroxyl groups is 1. The number of amides is 1. The van der Waals surface area contributed by atoms with Crippen LogP contribution in [-0.4, -0.2) is 29.9 Å². The van der Waals surface area contributed by atoms with Gasteiger partial charge in [-0.1, -0.05) is 23.7 Å². The van der Waals surface area contributed by atoms with E-state index in [1.165, 1.54) is 6.92 Å². The van der Waals surface area contributed by atoms with Gasteiger partial charge in [0.25, 0.3) is 5.91 Å². The van der Waals surface area contributed by atoms with Crippen LogP contribution in [0, 0.1) is 13.8 Å². The Morgan fingerprint density at radius 2 is 1.79 bits per heavy atom. The molecule has 0 radical (unpaired) electrons. The van der Waals surface area contributed by atoms with Gasteiger partial charge in [0.1, 0.15) is 11.5 Å². The van der Waals surface area contributed by atoms with Crippen molar-refractivity contribution >= 4 is 29.0 Å². The van der Waals surface area contributed by atoms with E-state index >= 15 is 0 Å². The summed E-state index contributed by atoms with van der Waals surface area (Å²) in [6.45, 7) is 5.95. The first kappa shape index (κ1) is 20.4. The minimum absolute atomic E-state index is 0.221. The Labute approximate surface area is 169 Å². The summed E-state index contributed by atoms with van der Waals surface area (Å²) in [4.78, 5) is 26.4. The highest BCUT2D eigenvalue weighted by Gasteiger charge is 2.51. The first-order valence-electron chi connectivity index (χ1n) is 9.27. The predicted octanol–water partition coefficient (Wildman–Crippen LogP) is 3.94. The molecule has 3 rings (SSSR count). The Morgan fingerprint density at radius 1 is 1.14 bits per heavy atom. The van der Waals surface area contributed by atoms with Crippen LogP contribution in [-0.2, 0) is 15.2 Å². The van der Waals surface area contributed by atoms with Crippen molar-refractivity contribution in [3.8, 4) is 5.75 Å². The number of hydrogen-bond donors (Lipinski definition) is 1. The van der Waals surface area contributed by atoms with Crippen LogP contribution in [0.25, 0.3) is 0 Å². The third kappa shape index (κ3) is 3.77. The molecule has 0 spiro atoms. The van der Waals surface area contributed by atoms with Gasteiger partial charge in [0.15, 0.2) is 5.60 Å². The molecule has 0 bridgehead atoms. The molecule has 0 aromatic heterocycles. The first-order chi connectivity index (χ1) is 13.2. The molecular formula is C22H24ClNO4. The van der Waals surface area contributed by atoms with Gasteiger partial charge in [-0.25, -0.2) is 0 Å². The number of benzene rings is 2. The van der Waals surface area contributed by atoms with Crippen molar-refractivity contribution in [1.82, 2.24) is 0 Å². The molecule has 0 aliphatic carbocycles. The minimum Gasteiger partial charge on any atom is -0.494 e. The number of aryl methyl sites for hydroxylation is 2. The predicted molar refractivity (Wildman–Crippen MR) is 109 cm³/mol. The summed E-state index contributed by atoms with van der Waals surface area (Å²) in [6, 6.07) is 10.9. The van der Waals surface area contributed by atoms with E-state index in [2.05, 4.69) is 0 Å². The number of ether oxygens (including phenoxy) is 1. The molecule has 1 aliphatic rings. The average Bonchev–Trinajstić information content (AvgIpc) is 2.85. The van der Waals surface area contributed by atoms with E-state index in [1.807, 2.05) is 26.0 Å². The van der Waals surface area contributed by atoms with Crippen molar-refractivity contribution < 1.29 is 19.4 Å². The lowest BCUT2D eigenvalue weighted by atomic mass is 9.86. The molecule has 2 aromatic carbocycles. The van der Waals surface area contributed by atoms with Crippen molar-refractivity contribution in [2.45, 2.75) is 39.2 Å². The number of carbonyl (C=O) groups excluding carboxylic acids is 2. The Kier molecular flexibility index (Phi) is 5.77. The molecule has 0 saturated carbocycles. The lowest BCUT2D eigenvalue weighted by Gasteiger charge is -2.22. The fourth-order valence-electron chi connectivity index (χ4n) is 3.78. The summed E-state index contributed by atoms with van der Waals surface area (Å²) in [6.07, 6.45) is 0.359. The number of fused-ring (bicyclic) bond motifs is 1. The van der Waals surface area contributed by atoms with Crippen molar-refractivity contribution in [2.24, 2.45) is 0 Å². The number of nitrogens with zero attached hydrogens (tertiary/aromatic N) is 1. The van der Waals surface area contributed by atoms with Gasteiger partial charge in [0.05, 0.1) is 12.3 Å². The van der Waals surface area contributed by atoms with Crippen LogP contribution in [0.5, 0.6) is 5.75 Å². The van der Waals surface area contributed by atoms with Crippen molar-refractivity contribution in [3.63, 3.8) is 0 Å². The van der Waals surface area contributed by atoms with Crippen LogP contribution in [0.3, 0.4) is 0 Å². The van der Waals surface area contributed by atoms with E-state index in [-0.39, 0.29) is 12.2 Å². The van der Waals surface area contributed by atoms with Crippen LogP contribution in [0.2, 0.25) is 5.02 Å². The summed E-state index contributed by atoms with van der Waals surface area (Å²) >= 11 is 5.87. The fourth-order valence-corrected chi connectivity index (χ4v) is 3.90. The first-order valence-corrected chi connectivity index (χ1v) is 9.64. The molecular weight excluding hydrogens is 378 g/mol. The molecule has 1 unspecified atom stereocenters. The second-order valence-electron chi connectivity index (χ2n) is 7.27. The number of Topliss-reactive ketones (excluding diaryl/α,β-unsaturated/α-hetero) is 1. The van der Waals surface area contributed by atoms with Gasteiger partial charge in [-0.15, -0.1) is 0 Å². The Bertz CT molecular complexity index is 909. The maximum atomic E-state index is 13.1. The zero-order chi connectivity index (χ0) is 20.5. The van der Waals surface area contributed by atoms with Gasteiger partial charge in [0, 0.05) is 23.6 Å². The monoisotopic (exact) mass is 401 g/mol. The molecule has 0 saturated heterocycles. The highest BCUT2D eigenvalue weighted by atomic mass is 35.5. The second-order valence-corrected chi connectivity index (χ2v) is 7.71. The average molecular weight is 402 g/mol. The van der Waals surface area contributed by atoms with Crippen LogP contribution in [0.15, 0.2) is 36.4 Å². The number of halogens is 1. The largest absolute Gasteiger partial charge is 0.494 e. The standard InChI is InChI=1S/C22H24ClNO4/c1-14-5-6-15(2)20-19(14)22(27,13-16(3)25)21(26)24(20)11-4-12-28-18-9-7-17(23)8-10-18/h5-10,27H,4,11-13H2,1-3H3. The van der Waals surface area contributed by atoms with Crippen molar-refractivity contribution in [2.75, 3.05) is 18.1 Å². The molecule has 1 atom stereocenters. The summed E-state index contributed by atoms with van der Waals surface area (Å²) in [5.41, 5.74) is 1.16. The third-order valence-corrected chi connectivity index (χ3v) is 5.24. The highest BCUT2D eigenvalue weighted by molar-refractivity contribution is 6.30. The molecule has 1 amide bonds. The zero-order valence-electron chi connectivity index (χ0n) is 16.3. The Morgan fingerprint density at radius 3 is 2.43 bits per heavy atom. The van der Waals surface area contributed by atoms with E-state index in [0.29, 0.717) is 41.6 Å². The lowest BCUT2D eigenvalue weighted by Crippen LogP contribution is -2.42. The van der Waals surface area contributed by atoms with Crippen LogP contribution in [0.1, 0.15) is 36.5 Å². The van der Waals surface area contributed by atoms with Crippen LogP contribution < -0.4 is 9.64 Å². The van der Waals surface area contributed by atoms with Crippen molar-refractivity contribution in [1.29, 1.82) is 0 Å². The van der Waals surface area contributed by atoms with Gasteiger partial charge >= 0.3 is 0 Å².